The average molecular weight is 513 g/mol. The standard InChI is InChI=1S/C31H32N2O5/c1-19-11-13-25(20(2)15-19)30(24-9-7-6-8-10-24)32-29(34)17-23-12-14-28(26(16-23)31(35)36-5)37-18-27-21(3)33-38-22(27)4/h6-16,30H,17-18H2,1-5H3,(H,32,34). The Labute approximate surface area is 222 Å². The summed E-state index contributed by atoms with van der Waals surface area (Å²) in [6, 6.07) is 20.9. The van der Waals surface area contributed by atoms with Gasteiger partial charge in [0.2, 0.25) is 5.91 Å². The van der Waals surface area contributed by atoms with E-state index >= 15 is 0 Å². The first-order valence-electron chi connectivity index (χ1n) is 12.4. The van der Waals surface area contributed by atoms with E-state index in [1.165, 1.54) is 7.11 Å². The number of esters is 1. The molecule has 1 heterocycles. The van der Waals surface area contributed by atoms with Gasteiger partial charge in [0.05, 0.1) is 30.8 Å². The van der Waals surface area contributed by atoms with Gasteiger partial charge in [0, 0.05) is 0 Å². The molecule has 1 amide bonds. The Morgan fingerprint density at radius 2 is 1.74 bits per heavy atom. The summed E-state index contributed by atoms with van der Waals surface area (Å²) in [4.78, 5) is 25.8. The molecule has 0 aliphatic carbocycles. The molecule has 4 aromatic rings. The lowest BCUT2D eigenvalue weighted by Crippen LogP contribution is -2.31. The van der Waals surface area contributed by atoms with Crippen LogP contribution in [0.4, 0.5) is 0 Å². The monoisotopic (exact) mass is 512 g/mol. The molecule has 3 aromatic carbocycles. The number of hydrogen-bond acceptors (Lipinski definition) is 6. The predicted molar refractivity (Wildman–Crippen MR) is 144 cm³/mol. The molecule has 0 saturated heterocycles. The van der Waals surface area contributed by atoms with E-state index in [4.69, 9.17) is 14.0 Å². The normalized spacial score (nSPS) is 11.6. The molecule has 38 heavy (non-hydrogen) atoms. The van der Waals surface area contributed by atoms with Crippen molar-refractivity contribution < 1.29 is 23.6 Å². The van der Waals surface area contributed by atoms with Gasteiger partial charge in [0.1, 0.15) is 23.7 Å². The Hall–Kier alpha value is -4.39. The maximum Gasteiger partial charge on any atom is 0.341 e. The van der Waals surface area contributed by atoms with Crippen LogP contribution in [0.25, 0.3) is 0 Å². The molecular formula is C31H32N2O5. The van der Waals surface area contributed by atoms with Crippen molar-refractivity contribution in [3.05, 3.63) is 117 Å². The highest BCUT2D eigenvalue weighted by Gasteiger charge is 2.21. The molecule has 0 saturated carbocycles. The number of ether oxygens (including phenoxy) is 2. The quantitative estimate of drug-likeness (QED) is 0.288. The van der Waals surface area contributed by atoms with E-state index in [9.17, 15) is 9.59 Å². The number of nitrogens with one attached hydrogen (secondary N) is 1. The van der Waals surface area contributed by atoms with Crippen LogP contribution in [0.1, 0.15) is 61.2 Å². The van der Waals surface area contributed by atoms with E-state index in [1.54, 1.807) is 18.2 Å². The maximum atomic E-state index is 13.3. The molecule has 7 heteroatoms. The third-order valence-corrected chi connectivity index (χ3v) is 6.54. The molecule has 0 bridgehead atoms. The third-order valence-electron chi connectivity index (χ3n) is 6.54. The highest BCUT2D eigenvalue weighted by atomic mass is 16.5. The number of aryl methyl sites for hydroxylation is 4. The van der Waals surface area contributed by atoms with E-state index in [-0.39, 0.29) is 30.5 Å². The van der Waals surface area contributed by atoms with Gasteiger partial charge >= 0.3 is 5.97 Å². The zero-order chi connectivity index (χ0) is 27.2. The molecule has 0 spiro atoms. The van der Waals surface area contributed by atoms with E-state index < -0.39 is 5.97 Å². The first kappa shape index (κ1) is 26.7. The minimum atomic E-state index is -0.543. The van der Waals surface area contributed by atoms with Crippen LogP contribution in [-0.2, 0) is 22.6 Å². The van der Waals surface area contributed by atoms with Gasteiger partial charge in [-0.3, -0.25) is 4.79 Å². The summed E-state index contributed by atoms with van der Waals surface area (Å²) < 4.78 is 16.1. The SMILES string of the molecule is COC(=O)c1cc(CC(=O)NC(c2ccccc2)c2ccc(C)cc2C)ccc1OCc1c(C)noc1C. The minimum absolute atomic E-state index is 0.0857. The van der Waals surface area contributed by atoms with Crippen LogP contribution in [0, 0.1) is 27.7 Å². The molecule has 7 nitrogen and oxygen atoms in total. The van der Waals surface area contributed by atoms with Crippen molar-refractivity contribution in [2.45, 2.75) is 46.8 Å². The van der Waals surface area contributed by atoms with Crippen molar-refractivity contribution in [2.75, 3.05) is 7.11 Å². The van der Waals surface area contributed by atoms with E-state index in [1.807, 2.05) is 64.1 Å². The lowest BCUT2D eigenvalue weighted by atomic mass is 9.93. The zero-order valence-electron chi connectivity index (χ0n) is 22.3. The van der Waals surface area contributed by atoms with Gasteiger partial charge < -0.3 is 19.3 Å². The fourth-order valence-electron chi connectivity index (χ4n) is 4.47. The second-order valence-electron chi connectivity index (χ2n) is 9.36. The number of aromatic nitrogens is 1. The molecule has 1 atom stereocenters. The van der Waals surface area contributed by atoms with Crippen LogP contribution < -0.4 is 10.1 Å². The summed E-state index contributed by atoms with van der Waals surface area (Å²) in [6.45, 7) is 7.93. The van der Waals surface area contributed by atoms with E-state index in [2.05, 4.69) is 22.6 Å². The number of rotatable bonds is 9. The molecule has 4 rings (SSSR count). The molecule has 1 N–H and O–H groups in total. The number of carbonyl (C=O) groups excluding carboxylic acids is 2. The lowest BCUT2D eigenvalue weighted by molar-refractivity contribution is -0.120. The number of carbonyl (C=O) groups is 2. The van der Waals surface area contributed by atoms with Gasteiger partial charge in [-0.2, -0.15) is 0 Å². The van der Waals surface area contributed by atoms with Crippen LogP contribution in [0.5, 0.6) is 5.75 Å². The zero-order valence-corrected chi connectivity index (χ0v) is 22.3. The fraction of sp³-hybridized carbons (Fsp3) is 0.258. The predicted octanol–water partition coefficient (Wildman–Crippen LogP) is 5.72. The highest BCUT2D eigenvalue weighted by molar-refractivity contribution is 5.93. The number of hydrogen-bond donors (Lipinski definition) is 1. The second-order valence-corrected chi connectivity index (χ2v) is 9.36. The summed E-state index contributed by atoms with van der Waals surface area (Å²) in [5.41, 5.74) is 6.76. The molecule has 0 fully saturated rings. The van der Waals surface area contributed by atoms with Gasteiger partial charge in [-0.15, -0.1) is 0 Å². The molecule has 196 valence electrons. The molecule has 1 unspecified atom stereocenters. The number of methoxy groups -OCH3 is 1. The van der Waals surface area contributed by atoms with Crippen molar-refractivity contribution >= 4 is 11.9 Å². The van der Waals surface area contributed by atoms with E-state index in [0.29, 0.717) is 17.1 Å². The second kappa shape index (κ2) is 11.8. The van der Waals surface area contributed by atoms with Gasteiger partial charge in [-0.05, 0) is 62.1 Å². The van der Waals surface area contributed by atoms with Gasteiger partial charge in [0.25, 0.3) is 0 Å². The van der Waals surface area contributed by atoms with Crippen molar-refractivity contribution in [2.24, 2.45) is 0 Å². The summed E-state index contributed by atoms with van der Waals surface area (Å²) in [7, 11) is 1.31. The fourth-order valence-corrected chi connectivity index (χ4v) is 4.47. The number of nitrogens with zero attached hydrogens (tertiary/aromatic N) is 1. The van der Waals surface area contributed by atoms with Crippen molar-refractivity contribution in [1.29, 1.82) is 0 Å². The van der Waals surface area contributed by atoms with Crippen LogP contribution >= 0.6 is 0 Å². The molecular weight excluding hydrogens is 480 g/mol. The molecule has 0 radical (unpaired) electrons. The smallest absolute Gasteiger partial charge is 0.341 e. The minimum Gasteiger partial charge on any atom is -0.488 e. The Balaban J connectivity index is 1.55. The first-order valence-corrected chi connectivity index (χ1v) is 12.4. The molecule has 0 aliphatic heterocycles. The Morgan fingerprint density at radius 3 is 2.39 bits per heavy atom. The summed E-state index contributed by atoms with van der Waals surface area (Å²) in [5, 5.41) is 7.12. The van der Waals surface area contributed by atoms with Crippen molar-refractivity contribution in [3.63, 3.8) is 0 Å². The largest absolute Gasteiger partial charge is 0.488 e. The average Bonchev–Trinajstić information content (AvgIpc) is 3.23. The molecule has 1 aromatic heterocycles. The Bertz CT molecular complexity index is 1420. The van der Waals surface area contributed by atoms with Gasteiger partial charge in [0.15, 0.2) is 0 Å². The maximum absolute atomic E-state index is 13.3. The van der Waals surface area contributed by atoms with Crippen molar-refractivity contribution in [3.8, 4) is 5.75 Å². The van der Waals surface area contributed by atoms with Gasteiger partial charge in [-0.1, -0.05) is 65.3 Å². The van der Waals surface area contributed by atoms with Crippen LogP contribution in [0.2, 0.25) is 0 Å². The molecule has 0 aliphatic rings. The van der Waals surface area contributed by atoms with Crippen LogP contribution in [-0.4, -0.2) is 24.1 Å². The van der Waals surface area contributed by atoms with Crippen molar-refractivity contribution in [1.82, 2.24) is 10.5 Å². The lowest BCUT2D eigenvalue weighted by Gasteiger charge is -2.22. The van der Waals surface area contributed by atoms with Gasteiger partial charge in [-0.25, -0.2) is 4.79 Å². The summed E-state index contributed by atoms with van der Waals surface area (Å²) in [5.74, 6) is 0.308. The Morgan fingerprint density at radius 1 is 0.974 bits per heavy atom. The number of benzene rings is 3. The number of amides is 1. The topological polar surface area (TPSA) is 90.7 Å². The highest BCUT2D eigenvalue weighted by Crippen LogP contribution is 2.27. The summed E-state index contributed by atoms with van der Waals surface area (Å²) >= 11 is 0. The van der Waals surface area contributed by atoms with Crippen LogP contribution in [0.3, 0.4) is 0 Å². The Kier molecular flexibility index (Phi) is 8.26. The van der Waals surface area contributed by atoms with E-state index in [0.717, 1.165) is 33.5 Å². The first-order chi connectivity index (χ1) is 18.3. The summed E-state index contributed by atoms with van der Waals surface area (Å²) in [6.07, 6.45) is 0.0857. The van der Waals surface area contributed by atoms with Crippen LogP contribution in [0.15, 0.2) is 71.3 Å². The third kappa shape index (κ3) is 6.11.